The minimum atomic E-state index is 0.576. The molecular formula is C17H34N2. The topological polar surface area (TPSA) is 15.3 Å². The molecule has 1 aliphatic carbocycles. The van der Waals surface area contributed by atoms with E-state index < -0.39 is 0 Å². The average Bonchev–Trinajstić information content (AvgIpc) is 3.20. The summed E-state index contributed by atoms with van der Waals surface area (Å²) in [5.74, 6) is 0.841. The minimum absolute atomic E-state index is 0.576. The minimum Gasteiger partial charge on any atom is -0.316 e. The number of piperidine rings is 1. The monoisotopic (exact) mass is 266 g/mol. The van der Waals surface area contributed by atoms with Gasteiger partial charge in [0.1, 0.15) is 0 Å². The second-order valence-corrected chi connectivity index (χ2v) is 7.41. The third-order valence-electron chi connectivity index (χ3n) is 4.94. The number of hydrogen-bond acceptors (Lipinski definition) is 2. The quantitative estimate of drug-likeness (QED) is 0.721. The van der Waals surface area contributed by atoms with Crippen molar-refractivity contribution in [1.29, 1.82) is 0 Å². The van der Waals surface area contributed by atoms with Gasteiger partial charge in [-0.05, 0) is 62.9 Å². The van der Waals surface area contributed by atoms with Crippen LogP contribution in [0.15, 0.2) is 0 Å². The maximum absolute atomic E-state index is 3.66. The van der Waals surface area contributed by atoms with Crippen LogP contribution < -0.4 is 5.32 Å². The van der Waals surface area contributed by atoms with Crippen molar-refractivity contribution in [2.75, 3.05) is 26.2 Å². The second kappa shape index (κ2) is 7.08. The van der Waals surface area contributed by atoms with E-state index in [9.17, 15) is 0 Å². The first-order valence-electron chi connectivity index (χ1n) is 8.60. The van der Waals surface area contributed by atoms with E-state index in [0.29, 0.717) is 5.41 Å². The summed E-state index contributed by atoms with van der Waals surface area (Å²) in [6, 6.07) is 0.925. The molecule has 1 saturated heterocycles. The molecule has 2 heteroatoms. The largest absolute Gasteiger partial charge is 0.316 e. The van der Waals surface area contributed by atoms with Crippen LogP contribution in [0.2, 0.25) is 0 Å². The molecule has 0 aromatic heterocycles. The van der Waals surface area contributed by atoms with Crippen molar-refractivity contribution in [2.45, 2.75) is 71.8 Å². The molecule has 1 saturated carbocycles. The molecule has 2 aliphatic rings. The number of hydrogen-bond donors (Lipinski definition) is 1. The van der Waals surface area contributed by atoms with E-state index in [1.54, 1.807) is 0 Å². The van der Waals surface area contributed by atoms with E-state index in [0.717, 1.165) is 12.0 Å². The van der Waals surface area contributed by atoms with Gasteiger partial charge in [0.15, 0.2) is 0 Å². The Bertz CT molecular complexity index is 246. The van der Waals surface area contributed by atoms with Crippen molar-refractivity contribution in [1.82, 2.24) is 10.2 Å². The summed E-state index contributed by atoms with van der Waals surface area (Å²) in [6.07, 6.45) is 9.84. The molecule has 0 aromatic rings. The van der Waals surface area contributed by atoms with Crippen LogP contribution in [-0.4, -0.2) is 37.1 Å². The van der Waals surface area contributed by atoms with E-state index in [-0.39, 0.29) is 0 Å². The van der Waals surface area contributed by atoms with E-state index in [1.807, 2.05) is 0 Å². The molecule has 1 unspecified atom stereocenters. The molecule has 0 bridgehead atoms. The van der Waals surface area contributed by atoms with Gasteiger partial charge in [0, 0.05) is 19.1 Å². The fourth-order valence-electron chi connectivity index (χ4n) is 3.67. The fraction of sp³-hybridized carbons (Fsp3) is 1.00. The summed E-state index contributed by atoms with van der Waals surface area (Å²) in [5.41, 5.74) is 0.576. The van der Waals surface area contributed by atoms with Crippen LogP contribution in [-0.2, 0) is 0 Å². The highest BCUT2D eigenvalue weighted by atomic mass is 15.2. The second-order valence-electron chi connectivity index (χ2n) is 7.41. The molecule has 2 nitrogen and oxygen atoms in total. The predicted molar refractivity (Wildman–Crippen MR) is 83.5 cm³/mol. The Morgan fingerprint density at radius 2 is 2.11 bits per heavy atom. The summed E-state index contributed by atoms with van der Waals surface area (Å²) in [5, 5.41) is 3.66. The third kappa shape index (κ3) is 4.75. The highest BCUT2D eigenvalue weighted by Crippen LogP contribution is 2.36. The van der Waals surface area contributed by atoms with Crippen LogP contribution in [0.3, 0.4) is 0 Å². The lowest BCUT2D eigenvalue weighted by Crippen LogP contribution is -2.48. The Hall–Kier alpha value is -0.0800. The number of nitrogens with zero attached hydrogens (tertiary/aromatic N) is 1. The van der Waals surface area contributed by atoms with E-state index in [4.69, 9.17) is 0 Å². The van der Waals surface area contributed by atoms with Crippen molar-refractivity contribution in [2.24, 2.45) is 11.3 Å². The van der Waals surface area contributed by atoms with Gasteiger partial charge in [-0.25, -0.2) is 0 Å². The molecule has 0 radical (unpaired) electrons. The van der Waals surface area contributed by atoms with Crippen LogP contribution in [0.5, 0.6) is 0 Å². The predicted octanol–water partition coefficient (Wildman–Crippen LogP) is 3.67. The number of rotatable bonds is 8. The molecule has 1 atom stereocenters. The Labute approximate surface area is 120 Å². The molecule has 19 heavy (non-hydrogen) atoms. The first-order valence-corrected chi connectivity index (χ1v) is 8.60. The average molecular weight is 266 g/mol. The third-order valence-corrected chi connectivity index (χ3v) is 4.94. The van der Waals surface area contributed by atoms with Crippen LogP contribution in [0, 0.1) is 11.3 Å². The van der Waals surface area contributed by atoms with Gasteiger partial charge in [-0.2, -0.15) is 0 Å². The molecule has 0 aromatic carbocycles. The van der Waals surface area contributed by atoms with Crippen LogP contribution >= 0.6 is 0 Å². The summed E-state index contributed by atoms with van der Waals surface area (Å²) in [7, 11) is 0. The maximum atomic E-state index is 3.66. The normalized spacial score (nSPS) is 28.3. The molecule has 0 amide bonds. The van der Waals surface area contributed by atoms with Gasteiger partial charge in [0.25, 0.3) is 0 Å². The van der Waals surface area contributed by atoms with Crippen molar-refractivity contribution in [3.05, 3.63) is 0 Å². The molecular weight excluding hydrogens is 232 g/mol. The van der Waals surface area contributed by atoms with Gasteiger partial charge in [-0.3, -0.25) is 4.90 Å². The van der Waals surface area contributed by atoms with Gasteiger partial charge < -0.3 is 5.32 Å². The standard InChI is InChI=1S/C17H34N2/c1-4-9-17(10-5-11-18-13-17)14-19(16-6-7-16)12-8-15(2)3/h15-16,18H,4-14H2,1-3H3. The maximum Gasteiger partial charge on any atom is 0.00966 e. The van der Waals surface area contributed by atoms with Gasteiger partial charge in [0.05, 0.1) is 0 Å². The molecule has 0 spiro atoms. The zero-order valence-electron chi connectivity index (χ0n) is 13.4. The van der Waals surface area contributed by atoms with Crippen LogP contribution in [0.4, 0.5) is 0 Å². The lowest BCUT2D eigenvalue weighted by Gasteiger charge is -2.42. The van der Waals surface area contributed by atoms with E-state index >= 15 is 0 Å². The van der Waals surface area contributed by atoms with Crippen LogP contribution in [0.1, 0.15) is 65.7 Å². The first kappa shape index (κ1) is 15.3. The smallest absolute Gasteiger partial charge is 0.00966 e. The summed E-state index contributed by atoms with van der Waals surface area (Å²) in [4.78, 5) is 2.84. The summed E-state index contributed by atoms with van der Waals surface area (Å²) >= 11 is 0. The molecule has 112 valence electrons. The Morgan fingerprint density at radius 3 is 2.63 bits per heavy atom. The van der Waals surface area contributed by atoms with Gasteiger partial charge in [-0.1, -0.05) is 27.2 Å². The van der Waals surface area contributed by atoms with Crippen molar-refractivity contribution in [3.63, 3.8) is 0 Å². The summed E-state index contributed by atoms with van der Waals surface area (Å²) in [6.45, 7) is 12.2. The zero-order chi connectivity index (χ0) is 13.7. The lowest BCUT2D eigenvalue weighted by molar-refractivity contribution is 0.0974. The Kier molecular flexibility index (Phi) is 5.70. The van der Waals surface area contributed by atoms with Gasteiger partial charge >= 0.3 is 0 Å². The number of nitrogens with one attached hydrogen (secondary N) is 1. The van der Waals surface area contributed by atoms with Crippen molar-refractivity contribution < 1.29 is 0 Å². The van der Waals surface area contributed by atoms with E-state index in [1.165, 1.54) is 71.1 Å². The Morgan fingerprint density at radius 1 is 1.32 bits per heavy atom. The zero-order valence-corrected chi connectivity index (χ0v) is 13.4. The van der Waals surface area contributed by atoms with Crippen LogP contribution in [0.25, 0.3) is 0 Å². The molecule has 1 aliphatic heterocycles. The molecule has 1 heterocycles. The summed E-state index contributed by atoms with van der Waals surface area (Å²) < 4.78 is 0. The first-order chi connectivity index (χ1) is 9.15. The molecule has 2 rings (SSSR count). The molecule has 1 N–H and O–H groups in total. The van der Waals surface area contributed by atoms with Gasteiger partial charge in [-0.15, -0.1) is 0 Å². The highest BCUT2D eigenvalue weighted by Gasteiger charge is 2.37. The molecule has 2 fully saturated rings. The van der Waals surface area contributed by atoms with Crippen molar-refractivity contribution >= 4 is 0 Å². The SMILES string of the molecule is CCCC1(CN(CCC(C)C)C2CC2)CCCNC1. The highest BCUT2D eigenvalue weighted by molar-refractivity contribution is 4.93. The van der Waals surface area contributed by atoms with E-state index in [2.05, 4.69) is 31.0 Å². The lowest BCUT2D eigenvalue weighted by atomic mass is 9.76. The van der Waals surface area contributed by atoms with Crippen molar-refractivity contribution in [3.8, 4) is 0 Å². The van der Waals surface area contributed by atoms with Gasteiger partial charge in [0.2, 0.25) is 0 Å². The Balaban J connectivity index is 1.92. The fourth-order valence-corrected chi connectivity index (χ4v) is 3.67.